The fraction of sp³-hybridized carbons (Fsp3) is 0.500. The van der Waals surface area contributed by atoms with Crippen molar-refractivity contribution in [1.82, 2.24) is 15.2 Å². The van der Waals surface area contributed by atoms with Crippen LogP contribution in [0, 0.1) is 0 Å². The molecule has 0 aliphatic heterocycles. The summed E-state index contributed by atoms with van der Waals surface area (Å²) in [5.74, 6) is 4.48. The molecule has 3 N–H and O–H groups in total. The van der Waals surface area contributed by atoms with E-state index >= 15 is 0 Å². The maximum atomic E-state index is 11.7. The molecule has 0 atom stereocenters. The molecule has 0 spiro atoms. The molecule has 0 fully saturated rings. The lowest BCUT2D eigenvalue weighted by atomic mass is 10.4. The number of rotatable bonds is 5. The van der Waals surface area contributed by atoms with Gasteiger partial charge in [-0.15, -0.1) is 0 Å². The Morgan fingerprint density at radius 1 is 1.53 bits per heavy atom. The lowest BCUT2D eigenvalue weighted by molar-refractivity contribution is -0.122. The van der Waals surface area contributed by atoms with E-state index in [0.29, 0.717) is 0 Å². The maximum absolute atomic E-state index is 11.7. The Morgan fingerprint density at radius 3 is 2.65 bits per heavy atom. The minimum Gasteiger partial charge on any atom is -0.371 e. The number of nitrogens with two attached hydrogens (primary N) is 1. The van der Waals surface area contributed by atoms with Gasteiger partial charge in [-0.05, 0) is 13.8 Å². The number of amides is 1. The van der Waals surface area contributed by atoms with Gasteiger partial charge in [-0.1, -0.05) is 0 Å². The molecule has 1 heterocycles. The highest BCUT2D eigenvalue weighted by Crippen LogP contribution is 2.07. The number of carbonyl (C=O) groups excluding carboxylic acids is 1. The van der Waals surface area contributed by atoms with Crippen molar-refractivity contribution in [3.8, 4) is 0 Å². The fourth-order valence-corrected chi connectivity index (χ4v) is 1.49. The number of aromatic nitrogens is 2. The van der Waals surface area contributed by atoms with Crippen molar-refractivity contribution in [2.75, 3.05) is 18.0 Å². The average molecular weight is 239 g/mol. The molecule has 1 aromatic heterocycles. The first kappa shape index (κ1) is 13.2. The Balaban J connectivity index is 2.93. The topological polar surface area (TPSA) is 93.2 Å². The van der Waals surface area contributed by atoms with Gasteiger partial charge in [-0.25, -0.2) is 10.5 Å². The molecule has 1 aromatic rings. The third kappa shape index (κ3) is 3.28. The molecule has 0 radical (unpaired) electrons. The van der Waals surface area contributed by atoms with Crippen LogP contribution >= 0.6 is 0 Å². The van der Waals surface area contributed by atoms with Crippen LogP contribution in [0.25, 0.3) is 0 Å². The van der Waals surface area contributed by atoms with Crippen molar-refractivity contribution in [2.24, 2.45) is 5.84 Å². The number of anilines is 1. The molecule has 0 saturated carbocycles. The predicted molar refractivity (Wildman–Crippen MR) is 64.4 cm³/mol. The normalized spacial score (nSPS) is 10.1. The molecule has 7 nitrogen and oxygen atoms in total. The molecule has 1 rings (SSSR count). The van der Waals surface area contributed by atoms with Crippen molar-refractivity contribution >= 4 is 11.6 Å². The number of nitrogens with one attached hydrogen (secondary N) is 1. The van der Waals surface area contributed by atoms with E-state index < -0.39 is 5.91 Å². The van der Waals surface area contributed by atoms with Gasteiger partial charge in [-0.3, -0.25) is 15.0 Å². The van der Waals surface area contributed by atoms with Crippen molar-refractivity contribution in [3.05, 3.63) is 22.6 Å². The zero-order chi connectivity index (χ0) is 12.8. The van der Waals surface area contributed by atoms with Crippen LogP contribution in [-0.4, -0.2) is 28.8 Å². The molecule has 0 aliphatic carbocycles. The summed E-state index contributed by atoms with van der Waals surface area (Å²) in [7, 11) is 0. The van der Waals surface area contributed by atoms with Gasteiger partial charge in [-0.2, -0.15) is 5.10 Å². The Labute approximate surface area is 99.2 Å². The van der Waals surface area contributed by atoms with Crippen LogP contribution in [0.5, 0.6) is 0 Å². The van der Waals surface area contributed by atoms with Gasteiger partial charge in [0.1, 0.15) is 6.54 Å². The van der Waals surface area contributed by atoms with Gasteiger partial charge in [0.25, 0.3) is 11.5 Å². The Hall–Kier alpha value is -1.89. The van der Waals surface area contributed by atoms with Crippen LogP contribution in [0.15, 0.2) is 17.1 Å². The van der Waals surface area contributed by atoms with E-state index in [-0.39, 0.29) is 12.1 Å². The SMILES string of the molecule is CCN(CC)c1cnn(CC(=O)NN)c(=O)c1. The summed E-state index contributed by atoms with van der Waals surface area (Å²) >= 11 is 0. The molecule has 17 heavy (non-hydrogen) atoms. The van der Waals surface area contributed by atoms with Crippen molar-refractivity contribution in [3.63, 3.8) is 0 Å². The molecular weight excluding hydrogens is 222 g/mol. The minimum absolute atomic E-state index is 0.173. The van der Waals surface area contributed by atoms with Crippen molar-refractivity contribution in [2.45, 2.75) is 20.4 Å². The molecule has 0 bridgehead atoms. The highest BCUT2D eigenvalue weighted by molar-refractivity contribution is 5.74. The summed E-state index contributed by atoms with van der Waals surface area (Å²) in [6.07, 6.45) is 1.57. The summed E-state index contributed by atoms with van der Waals surface area (Å²) in [6, 6.07) is 1.46. The monoisotopic (exact) mass is 239 g/mol. The Bertz CT molecular complexity index is 439. The highest BCUT2D eigenvalue weighted by atomic mass is 16.2. The van der Waals surface area contributed by atoms with E-state index in [4.69, 9.17) is 5.84 Å². The van der Waals surface area contributed by atoms with E-state index in [2.05, 4.69) is 5.10 Å². The molecular formula is C10H17N5O2. The molecule has 0 unspecified atom stereocenters. The van der Waals surface area contributed by atoms with Gasteiger partial charge >= 0.3 is 0 Å². The van der Waals surface area contributed by atoms with Gasteiger partial charge in [0.15, 0.2) is 0 Å². The average Bonchev–Trinajstić information content (AvgIpc) is 2.33. The third-order valence-corrected chi connectivity index (χ3v) is 2.44. The smallest absolute Gasteiger partial charge is 0.269 e. The van der Waals surface area contributed by atoms with Gasteiger partial charge in [0.05, 0.1) is 11.9 Å². The molecule has 0 saturated heterocycles. The van der Waals surface area contributed by atoms with Gasteiger partial charge < -0.3 is 4.90 Å². The van der Waals surface area contributed by atoms with Crippen molar-refractivity contribution in [1.29, 1.82) is 0 Å². The Morgan fingerprint density at radius 2 is 2.18 bits per heavy atom. The van der Waals surface area contributed by atoms with Gasteiger partial charge in [0.2, 0.25) is 0 Å². The fourth-order valence-electron chi connectivity index (χ4n) is 1.49. The van der Waals surface area contributed by atoms with Crippen LogP contribution in [0.3, 0.4) is 0 Å². The third-order valence-electron chi connectivity index (χ3n) is 2.44. The van der Waals surface area contributed by atoms with E-state index in [9.17, 15) is 9.59 Å². The van der Waals surface area contributed by atoms with Gasteiger partial charge in [0, 0.05) is 19.2 Å². The quantitative estimate of drug-likeness (QED) is 0.394. The lowest BCUT2D eigenvalue weighted by Gasteiger charge is -2.20. The van der Waals surface area contributed by atoms with Crippen LogP contribution in [0.4, 0.5) is 5.69 Å². The van der Waals surface area contributed by atoms with Crippen LogP contribution in [0.2, 0.25) is 0 Å². The second-order valence-electron chi connectivity index (χ2n) is 3.45. The molecule has 1 amide bonds. The van der Waals surface area contributed by atoms with E-state index in [1.54, 1.807) is 6.20 Å². The van der Waals surface area contributed by atoms with Crippen LogP contribution in [0.1, 0.15) is 13.8 Å². The first-order valence-electron chi connectivity index (χ1n) is 5.43. The number of hydrogen-bond acceptors (Lipinski definition) is 5. The summed E-state index contributed by atoms with van der Waals surface area (Å²) in [5, 5.41) is 3.93. The first-order valence-corrected chi connectivity index (χ1v) is 5.43. The van der Waals surface area contributed by atoms with Crippen molar-refractivity contribution < 1.29 is 4.79 Å². The first-order chi connectivity index (χ1) is 8.12. The largest absolute Gasteiger partial charge is 0.371 e. The second kappa shape index (κ2) is 6.00. The predicted octanol–water partition coefficient (Wildman–Crippen LogP) is -0.921. The summed E-state index contributed by atoms with van der Waals surface area (Å²) < 4.78 is 1.06. The number of hydrazine groups is 1. The molecule has 0 aromatic carbocycles. The molecule has 0 aliphatic rings. The summed E-state index contributed by atoms with van der Waals surface area (Å²) in [6.45, 7) is 5.41. The summed E-state index contributed by atoms with van der Waals surface area (Å²) in [4.78, 5) is 24.7. The minimum atomic E-state index is -0.463. The Kier molecular flexibility index (Phi) is 4.65. The van der Waals surface area contributed by atoms with E-state index in [1.165, 1.54) is 6.07 Å². The maximum Gasteiger partial charge on any atom is 0.269 e. The number of carbonyl (C=O) groups is 1. The number of hydrogen-bond donors (Lipinski definition) is 2. The van der Waals surface area contributed by atoms with E-state index in [0.717, 1.165) is 23.5 Å². The van der Waals surface area contributed by atoms with Crippen LogP contribution in [-0.2, 0) is 11.3 Å². The second-order valence-corrected chi connectivity index (χ2v) is 3.45. The summed E-state index contributed by atoms with van der Waals surface area (Å²) in [5.41, 5.74) is 2.38. The molecule has 7 heteroatoms. The molecule has 94 valence electrons. The van der Waals surface area contributed by atoms with E-state index in [1.807, 2.05) is 24.2 Å². The lowest BCUT2D eigenvalue weighted by Crippen LogP contribution is -2.37. The van der Waals surface area contributed by atoms with Crippen LogP contribution < -0.4 is 21.7 Å². The zero-order valence-electron chi connectivity index (χ0n) is 10.0. The highest BCUT2D eigenvalue weighted by Gasteiger charge is 2.07. The standard InChI is InChI=1S/C10H17N5O2/c1-3-14(4-2)8-5-10(17)15(12-6-8)7-9(16)13-11/h5-6H,3-4,7,11H2,1-2H3,(H,13,16). The number of nitrogens with zero attached hydrogens (tertiary/aromatic N) is 3. The zero-order valence-corrected chi connectivity index (χ0v) is 10.0.